The van der Waals surface area contributed by atoms with E-state index in [1.54, 1.807) is 30.6 Å². The molecule has 4 rings (SSSR count). The Morgan fingerprint density at radius 3 is 2.92 bits per heavy atom. The third-order valence-corrected chi connectivity index (χ3v) is 5.40. The molecule has 0 spiro atoms. The molecule has 2 heterocycles. The van der Waals surface area contributed by atoms with Gasteiger partial charge in [0.05, 0.1) is 11.1 Å². The van der Waals surface area contributed by atoms with Crippen LogP contribution in [-0.4, -0.2) is 41.0 Å². The summed E-state index contributed by atoms with van der Waals surface area (Å²) >= 11 is 6.30. The maximum Gasteiger partial charge on any atom is 0.251 e. The lowest BCUT2D eigenvalue weighted by molar-refractivity contribution is 0.0951. The zero-order valence-corrected chi connectivity index (χ0v) is 15.3. The third-order valence-electron chi connectivity index (χ3n) is 5.10. The van der Waals surface area contributed by atoms with Crippen molar-refractivity contribution in [2.75, 3.05) is 13.2 Å². The van der Waals surface area contributed by atoms with Crippen molar-refractivity contribution < 1.29 is 9.53 Å². The van der Waals surface area contributed by atoms with Gasteiger partial charge in [-0.3, -0.25) is 14.7 Å². The Morgan fingerprint density at radius 1 is 1.35 bits per heavy atom. The van der Waals surface area contributed by atoms with E-state index < -0.39 is 0 Å². The molecular formula is C20H22ClN3O2. The molecule has 2 atom stereocenters. The van der Waals surface area contributed by atoms with Gasteiger partial charge in [-0.25, -0.2) is 0 Å². The molecule has 1 aromatic carbocycles. The normalized spacial score (nSPS) is 21.7. The van der Waals surface area contributed by atoms with Crippen LogP contribution >= 0.6 is 11.6 Å². The predicted octanol–water partition coefficient (Wildman–Crippen LogP) is 3.28. The molecule has 6 heteroatoms. The Labute approximate surface area is 158 Å². The number of hydrogen-bond acceptors (Lipinski definition) is 4. The summed E-state index contributed by atoms with van der Waals surface area (Å²) in [5.74, 6) is 0.469. The van der Waals surface area contributed by atoms with E-state index in [0.29, 0.717) is 35.5 Å². The van der Waals surface area contributed by atoms with Crippen molar-refractivity contribution in [3.8, 4) is 5.75 Å². The highest BCUT2D eigenvalue weighted by atomic mass is 35.5. The van der Waals surface area contributed by atoms with Gasteiger partial charge in [-0.15, -0.1) is 0 Å². The fourth-order valence-corrected chi connectivity index (χ4v) is 3.48. The van der Waals surface area contributed by atoms with Crippen molar-refractivity contribution in [3.63, 3.8) is 0 Å². The van der Waals surface area contributed by atoms with Crippen LogP contribution in [0.15, 0.2) is 42.7 Å². The number of halogens is 1. The number of nitrogens with zero attached hydrogens (tertiary/aromatic N) is 2. The highest BCUT2D eigenvalue weighted by Crippen LogP contribution is 2.34. The average molecular weight is 372 g/mol. The van der Waals surface area contributed by atoms with Crippen molar-refractivity contribution in [2.24, 2.45) is 0 Å². The summed E-state index contributed by atoms with van der Waals surface area (Å²) < 4.78 is 5.86. The molecule has 1 aliphatic heterocycles. The standard InChI is InChI=1S/C20H22ClN3O2/c21-18-9-15(20(25)23-11-14-3-2-8-22-10-14)6-7-19(18)26-13-17-12-24(17)16-4-1-5-16/h2-3,6-10,16-17H,1,4-5,11-13H2,(H,23,25). The van der Waals surface area contributed by atoms with E-state index in [0.717, 1.165) is 18.2 Å². The monoisotopic (exact) mass is 371 g/mol. The van der Waals surface area contributed by atoms with Crippen LogP contribution < -0.4 is 10.1 Å². The number of carbonyl (C=O) groups excluding carboxylic acids is 1. The number of rotatable bonds is 7. The van der Waals surface area contributed by atoms with Crippen molar-refractivity contribution in [1.29, 1.82) is 0 Å². The predicted molar refractivity (Wildman–Crippen MR) is 100 cm³/mol. The van der Waals surface area contributed by atoms with E-state index >= 15 is 0 Å². The molecule has 1 N–H and O–H groups in total. The number of pyridine rings is 1. The Kier molecular flexibility index (Phi) is 5.09. The highest BCUT2D eigenvalue weighted by molar-refractivity contribution is 6.32. The van der Waals surface area contributed by atoms with Crippen LogP contribution in [0.3, 0.4) is 0 Å². The van der Waals surface area contributed by atoms with Gasteiger partial charge in [0.25, 0.3) is 5.91 Å². The van der Waals surface area contributed by atoms with Crippen molar-refractivity contribution >= 4 is 17.5 Å². The van der Waals surface area contributed by atoms with Crippen LogP contribution in [-0.2, 0) is 6.54 Å². The minimum Gasteiger partial charge on any atom is -0.490 e. The van der Waals surface area contributed by atoms with Gasteiger partial charge in [-0.2, -0.15) is 0 Å². The zero-order chi connectivity index (χ0) is 17.9. The minimum atomic E-state index is -0.166. The molecule has 2 aromatic rings. The number of ether oxygens (including phenoxy) is 1. The summed E-state index contributed by atoms with van der Waals surface area (Å²) in [5.41, 5.74) is 1.47. The second-order valence-electron chi connectivity index (χ2n) is 6.94. The lowest BCUT2D eigenvalue weighted by atomic mass is 9.93. The summed E-state index contributed by atoms with van der Waals surface area (Å²) in [6.45, 7) is 2.21. The molecule has 1 amide bonds. The van der Waals surface area contributed by atoms with Crippen LogP contribution in [0.4, 0.5) is 0 Å². The average Bonchev–Trinajstić information content (AvgIpc) is 3.37. The van der Waals surface area contributed by atoms with Gasteiger partial charge >= 0.3 is 0 Å². The Hall–Kier alpha value is -2.11. The number of amides is 1. The molecule has 2 aliphatic rings. The van der Waals surface area contributed by atoms with E-state index in [9.17, 15) is 4.79 Å². The van der Waals surface area contributed by atoms with E-state index in [-0.39, 0.29) is 5.91 Å². The van der Waals surface area contributed by atoms with Gasteiger partial charge in [0.2, 0.25) is 0 Å². The van der Waals surface area contributed by atoms with Crippen LogP contribution in [0.25, 0.3) is 0 Å². The molecule has 0 radical (unpaired) electrons. The lowest BCUT2D eigenvalue weighted by Gasteiger charge is -2.27. The van der Waals surface area contributed by atoms with Gasteiger partial charge in [0.15, 0.2) is 0 Å². The first-order chi connectivity index (χ1) is 12.7. The molecule has 1 saturated carbocycles. The first kappa shape index (κ1) is 17.3. The smallest absolute Gasteiger partial charge is 0.251 e. The summed E-state index contributed by atoms with van der Waals surface area (Å²) in [5, 5.41) is 3.34. The van der Waals surface area contributed by atoms with Crippen LogP contribution in [0.2, 0.25) is 5.02 Å². The van der Waals surface area contributed by atoms with Crippen molar-refractivity contribution in [3.05, 3.63) is 58.9 Å². The van der Waals surface area contributed by atoms with E-state index in [4.69, 9.17) is 16.3 Å². The quantitative estimate of drug-likeness (QED) is 0.759. The van der Waals surface area contributed by atoms with Crippen LogP contribution in [0.1, 0.15) is 35.2 Å². The molecule has 1 saturated heterocycles. The second kappa shape index (κ2) is 7.64. The summed E-state index contributed by atoms with van der Waals surface area (Å²) in [6, 6.07) is 10.2. The highest BCUT2D eigenvalue weighted by Gasteiger charge is 2.42. The number of aromatic nitrogens is 1. The summed E-state index contributed by atoms with van der Waals surface area (Å²) in [7, 11) is 0. The number of carbonyl (C=O) groups is 1. The molecule has 0 bridgehead atoms. The number of nitrogens with one attached hydrogen (secondary N) is 1. The molecule has 2 unspecified atom stereocenters. The van der Waals surface area contributed by atoms with E-state index in [1.807, 2.05) is 12.1 Å². The maximum absolute atomic E-state index is 12.3. The van der Waals surface area contributed by atoms with Crippen LogP contribution in [0.5, 0.6) is 5.75 Å². The molecule has 26 heavy (non-hydrogen) atoms. The minimum absolute atomic E-state index is 0.166. The number of benzene rings is 1. The van der Waals surface area contributed by atoms with Gasteiger partial charge in [0, 0.05) is 37.1 Å². The molecule has 1 aromatic heterocycles. The summed E-state index contributed by atoms with van der Waals surface area (Å²) in [4.78, 5) is 18.8. The molecule has 1 aliphatic carbocycles. The van der Waals surface area contributed by atoms with Gasteiger partial charge in [0.1, 0.15) is 12.4 Å². The molecule has 136 valence electrons. The van der Waals surface area contributed by atoms with Crippen LogP contribution in [0, 0.1) is 0 Å². The Balaban J connectivity index is 1.28. The van der Waals surface area contributed by atoms with E-state index in [2.05, 4.69) is 15.2 Å². The topological polar surface area (TPSA) is 54.2 Å². The van der Waals surface area contributed by atoms with Crippen molar-refractivity contribution in [2.45, 2.75) is 37.9 Å². The van der Waals surface area contributed by atoms with Gasteiger partial charge < -0.3 is 10.1 Å². The first-order valence-corrected chi connectivity index (χ1v) is 9.44. The van der Waals surface area contributed by atoms with Gasteiger partial charge in [-0.05, 0) is 42.7 Å². The Morgan fingerprint density at radius 2 is 2.23 bits per heavy atom. The van der Waals surface area contributed by atoms with Crippen molar-refractivity contribution in [1.82, 2.24) is 15.2 Å². The molecular weight excluding hydrogens is 350 g/mol. The van der Waals surface area contributed by atoms with Gasteiger partial charge in [-0.1, -0.05) is 24.1 Å². The fraction of sp³-hybridized carbons (Fsp3) is 0.400. The number of hydrogen-bond donors (Lipinski definition) is 1. The third kappa shape index (κ3) is 4.00. The molecule has 5 nitrogen and oxygen atoms in total. The first-order valence-electron chi connectivity index (χ1n) is 9.06. The fourth-order valence-electron chi connectivity index (χ4n) is 3.24. The SMILES string of the molecule is O=C(NCc1cccnc1)c1ccc(OCC2CN2C2CCC2)c(Cl)c1. The maximum atomic E-state index is 12.3. The lowest BCUT2D eigenvalue weighted by Crippen LogP contribution is -2.29. The largest absolute Gasteiger partial charge is 0.490 e. The van der Waals surface area contributed by atoms with E-state index in [1.165, 1.54) is 19.3 Å². The molecule has 2 fully saturated rings. The summed E-state index contributed by atoms with van der Waals surface area (Å²) in [6.07, 6.45) is 7.43. The Bertz CT molecular complexity index is 780. The second-order valence-corrected chi connectivity index (χ2v) is 7.34. The zero-order valence-electron chi connectivity index (χ0n) is 14.5.